The second-order valence-electron chi connectivity index (χ2n) is 5.83. The second-order valence-corrected chi connectivity index (χ2v) is 5.83. The zero-order chi connectivity index (χ0) is 15.4. The third-order valence-corrected chi connectivity index (χ3v) is 4.26. The molecule has 0 bridgehead atoms. The van der Waals surface area contributed by atoms with Gasteiger partial charge in [0.05, 0.1) is 7.11 Å². The van der Waals surface area contributed by atoms with Gasteiger partial charge in [-0.3, -0.25) is 4.79 Å². The molecule has 3 heteroatoms. The van der Waals surface area contributed by atoms with Gasteiger partial charge in [-0.2, -0.15) is 0 Å². The van der Waals surface area contributed by atoms with Crippen LogP contribution in [0.2, 0.25) is 0 Å². The van der Waals surface area contributed by atoms with E-state index in [2.05, 4.69) is 24.3 Å². The van der Waals surface area contributed by atoms with Gasteiger partial charge in [0.15, 0.2) is 0 Å². The van der Waals surface area contributed by atoms with Crippen LogP contribution < -0.4 is 4.74 Å². The SMILES string of the molecule is COc1cccc(C(=O)N2CCC(Cc3ccccc3)C2)c1. The summed E-state index contributed by atoms with van der Waals surface area (Å²) >= 11 is 0. The Kier molecular flexibility index (Phi) is 4.42. The number of benzene rings is 2. The summed E-state index contributed by atoms with van der Waals surface area (Å²) in [5.74, 6) is 1.39. The fraction of sp³-hybridized carbons (Fsp3) is 0.316. The van der Waals surface area contributed by atoms with Crippen molar-refractivity contribution in [3.8, 4) is 5.75 Å². The molecule has 2 aromatic rings. The quantitative estimate of drug-likeness (QED) is 0.865. The topological polar surface area (TPSA) is 29.5 Å². The van der Waals surface area contributed by atoms with Crippen molar-refractivity contribution in [2.45, 2.75) is 12.8 Å². The van der Waals surface area contributed by atoms with Gasteiger partial charge >= 0.3 is 0 Å². The minimum atomic E-state index is 0.106. The molecule has 0 spiro atoms. The first-order valence-corrected chi connectivity index (χ1v) is 7.73. The molecule has 3 nitrogen and oxygen atoms in total. The van der Waals surface area contributed by atoms with E-state index in [9.17, 15) is 4.79 Å². The number of methoxy groups -OCH3 is 1. The summed E-state index contributed by atoms with van der Waals surface area (Å²) in [7, 11) is 1.62. The summed E-state index contributed by atoms with van der Waals surface area (Å²) in [5.41, 5.74) is 2.06. The number of ether oxygens (including phenoxy) is 1. The van der Waals surface area contributed by atoms with Crippen molar-refractivity contribution in [3.05, 3.63) is 65.7 Å². The van der Waals surface area contributed by atoms with E-state index in [0.717, 1.165) is 31.7 Å². The zero-order valence-corrected chi connectivity index (χ0v) is 12.9. The third-order valence-electron chi connectivity index (χ3n) is 4.26. The maximum atomic E-state index is 12.6. The highest BCUT2D eigenvalue weighted by Gasteiger charge is 2.27. The highest BCUT2D eigenvalue weighted by atomic mass is 16.5. The fourth-order valence-corrected chi connectivity index (χ4v) is 3.07. The summed E-state index contributed by atoms with van der Waals surface area (Å²) in [6.07, 6.45) is 2.12. The van der Waals surface area contributed by atoms with Gasteiger partial charge in [-0.25, -0.2) is 0 Å². The monoisotopic (exact) mass is 295 g/mol. The van der Waals surface area contributed by atoms with Crippen molar-refractivity contribution in [1.29, 1.82) is 0 Å². The largest absolute Gasteiger partial charge is 0.497 e. The van der Waals surface area contributed by atoms with Gasteiger partial charge in [0.1, 0.15) is 5.75 Å². The lowest BCUT2D eigenvalue weighted by molar-refractivity contribution is 0.0786. The number of nitrogens with zero attached hydrogens (tertiary/aromatic N) is 1. The van der Waals surface area contributed by atoms with Crippen molar-refractivity contribution in [2.24, 2.45) is 5.92 Å². The minimum absolute atomic E-state index is 0.106. The van der Waals surface area contributed by atoms with Crippen molar-refractivity contribution in [3.63, 3.8) is 0 Å². The lowest BCUT2D eigenvalue weighted by Crippen LogP contribution is -2.28. The molecular weight excluding hydrogens is 274 g/mol. The first-order chi connectivity index (χ1) is 10.8. The van der Waals surface area contributed by atoms with E-state index in [0.29, 0.717) is 11.5 Å². The predicted molar refractivity (Wildman–Crippen MR) is 87.2 cm³/mol. The van der Waals surface area contributed by atoms with E-state index in [1.54, 1.807) is 7.11 Å². The molecule has 3 rings (SSSR count). The summed E-state index contributed by atoms with van der Waals surface area (Å²) in [6, 6.07) is 17.9. The number of amides is 1. The molecular formula is C19H21NO2. The third kappa shape index (κ3) is 3.30. The van der Waals surface area contributed by atoms with E-state index in [1.807, 2.05) is 35.2 Å². The summed E-state index contributed by atoms with van der Waals surface area (Å²) in [4.78, 5) is 14.5. The van der Waals surface area contributed by atoms with E-state index in [4.69, 9.17) is 4.74 Å². The Bertz CT molecular complexity index is 639. The summed E-state index contributed by atoms with van der Waals surface area (Å²) in [5, 5.41) is 0. The Hall–Kier alpha value is -2.29. The first kappa shape index (κ1) is 14.6. The van der Waals surface area contributed by atoms with Crippen LogP contribution in [0.1, 0.15) is 22.3 Å². The number of hydrogen-bond acceptors (Lipinski definition) is 2. The molecule has 0 N–H and O–H groups in total. The number of carbonyl (C=O) groups is 1. The summed E-state index contributed by atoms with van der Waals surface area (Å²) in [6.45, 7) is 1.68. The average molecular weight is 295 g/mol. The lowest BCUT2D eigenvalue weighted by atomic mass is 9.99. The molecule has 1 fully saturated rings. The van der Waals surface area contributed by atoms with Crippen molar-refractivity contribution in [1.82, 2.24) is 4.90 Å². The Morgan fingerprint density at radius 2 is 2.00 bits per heavy atom. The molecule has 0 saturated carbocycles. The maximum absolute atomic E-state index is 12.6. The van der Waals surface area contributed by atoms with Crippen LogP contribution in [-0.4, -0.2) is 31.0 Å². The molecule has 22 heavy (non-hydrogen) atoms. The molecule has 0 aromatic heterocycles. The van der Waals surface area contributed by atoms with Gasteiger partial charge in [-0.15, -0.1) is 0 Å². The highest BCUT2D eigenvalue weighted by Crippen LogP contribution is 2.23. The van der Waals surface area contributed by atoms with Gasteiger partial charge in [0.2, 0.25) is 0 Å². The van der Waals surface area contributed by atoms with Crippen LogP contribution in [0.3, 0.4) is 0 Å². The number of hydrogen-bond donors (Lipinski definition) is 0. The van der Waals surface area contributed by atoms with E-state index >= 15 is 0 Å². The standard InChI is InChI=1S/C19H21NO2/c1-22-18-9-5-8-17(13-18)19(21)20-11-10-16(14-20)12-15-6-3-2-4-7-15/h2-9,13,16H,10-12,14H2,1H3. The van der Waals surface area contributed by atoms with Gasteiger partial charge in [-0.05, 0) is 42.5 Å². The minimum Gasteiger partial charge on any atom is -0.497 e. The van der Waals surface area contributed by atoms with E-state index in [-0.39, 0.29) is 5.91 Å². The van der Waals surface area contributed by atoms with Crippen LogP contribution in [0.25, 0.3) is 0 Å². The molecule has 2 aromatic carbocycles. The molecule has 0 aliphatic carbocycles. The van der Waals surface area contributed by atoms with E-state index < -0.39 is 0 Å². The normalized spacial score (nSPS) is 17.5. The Morgan fingerprint density at radius 3 is 2.77 bits per heavy atom. The second kappa shape index (κ2) is 6.65. The molecule has 1 saturated heterocycles. The maximum Gasteiger partial charge on any atom is 0.253 e. The van der Waals surface area contributed by atoms with Crippen molar-refractivity contribution in [2.75, 3.05) is 20.2 Å². The zero-order valence-electron chi connectivity index (χ0n) is 12.9. The van der Waals surface area contributed by atoms with Gasteiger partial charge < -0.3 is 9.64 Å². The fourth-order valence-electron chi connectivity index (χ4n) is 3.07. The lowest BCUT2D eigenvalue weighted by Gasteiger charge is -2.17. The molecule has 0 radical (unpaired) electrons. The van der Waals surface area contributed by atoms with Crippen LogP contribution in [0, 0.1) is 5.92 Å². The number of carbonyl (C=O) groups excluding carboxylic acids is 1. The summed E-state index contributed by atoms with van der Waals surface area (Å²) < 4.78 is 5.20. The number of likely N-dealkylation sites (tertiary alicyclic amines) is 1. The Labute approximate surface area is 131 Å². The molecule has 114 valence electrons. The smallest absolute Gasteiger partial charge is 0.253 e. The van der Waals surface area contributed by atoms with Crippen LogP contribution in [0.4, 0.5) is 0 Å². The Balaban J connectivity index is 1.63. The van der Waals surface area contributed by atoms with Gasteiger partial charge in [0.25, 0.3) is 5.91 Å². The highest BCUT2D eigenvalue weighted by molar-refractivity contribution is 5.94. The van der Waals surface area contributed by atoms with Gasteiger partial charge in [-0.1, -0.05) is 36.4 Å². The van der Waals surface area contributed by atoms with Crippen LogP contribution in [0.15, 0.2) is 54.6 Å². The van der Waals surface area contributed by atoms with Crippen molar-refractivity contribution >= 4 is 5.91 Å². The van der Waals surface area contributed by atoms with Crippen LogP contribution in [-0.2, 0) is 6.42 Å². The van der Waals surface area contributed by atoms with Crippen LogP contribution >= 0.6 is 0 Å². The van der Waals surface area contributed by atoms with Gasteiger partial charge in [0, 0.05) is 18.7 Å². The van der Waals surface area contributed by atoms with E-state index in [1.165, 1.54) is 5.56 Å². The Morgan fingerprint density at radius 1 is 1.18 bits per heavy atom. The predicted octanol–water partition coefficient (Wildman–Crippen LogP) is 3.40. The molecule has 1 heterocycles. The molecule has 1 aliphatic heterocycles. The average Bonchev–Trinajstić information content (AvgIpc) is 3.03. The van der Waals surface area contributed by atoms with Crippen molar-refractivity contribution < 1.29 is 9.53 Å². The first-order valence-electron chi connectivity index (χ1n) is 7.73. The molecule has 1 amide bonds. The number of rotatable bonds is 4. The van der Waals surface area contributed by atoms with Crippen LogP contribution in [0.5, 0.6) is 5.75 Å². The molecule has 1 atom stereocenters. The molecule has 1 aliphatic rings. The molecule has 1 unspecified atom stereocenters.